The smallest absolute Gasteiger partial charge is 0.262 e. The van der Waals surface area contributed by atoms with E-state index in [4.69, 9.17) is 4.74 Å². The standard InChI is InChI=1S/C21H28F2N4O3.2ClH/c22-21(23)8-17(24-13-21)20(29)26-9-14-7-16(12-26)18-2-1-15(19(28)27(18)10-14)11-25-3-5-30-6-4-25;;/h1-2,14,16-17,24H,3-13H2;2*1H/t14-,16+,17-;;/m0../s1. The third kappa shape index (κ3) is 4.97. The van der Waals surface area contributed by atoms with Gasteiger partial charge in [-0.25, -0.2) is 8.78 Å². The van der Waals surface area contributed by atoms with E-state index < -0.39 is 24.9 Å². The number of piperidine rings is 1. The number of alkyl halides is 2. The lowest BCUT2D eigenvalue weighted by molar-refractivity contribution is -0.136. The Bertz CT molecular complexity index is 894. The summed E-state index contributed by atoms with van der Waals surface area (Å²) >= 11 is 0. The Balaban J connectivity index is 0.00000144. The van der Waals surface area contributed by atoms with Crippen molar-refractivity contribution in [1.82, 2.24) is 19.7 Å². The number of halogens is 4. The van der Waals surface area contributed by atoms with Gasteiger partial charge in [-0.1, -0.05) is 6.07 Å². The predicted molar refractivity (Wildman–Crippen MR) is 120 cm³/mol. The second-order valence-electron chi connectivity index (χ2n) is 9.12. The van der Waals surface area contributed by atoms with Gasteiger partial charge in [0, 0.05) is 62.9 Å². The van der Waals surface area contributed by atoms with E-state index in [0.717, 1.165) is 30.8 Å². The zero-order chi connectivity index (χ0) is 20.9. The highest BCUT2D eigenvalue weighted by Gasteiger charge is 2.45. The van der Waals surface area contributed by atoms with Gasteiger partial charge in [0.2, 0.25) is 5.91 Å². The highest BCUT2D eigenvalue weighted by Crippen LogP contribution is 2.36. The number of carbonyl (C=O) groups is 1. The maximum absolute atomic E-state index is 13.5. The molecule has 3 atom stereocenters. The molecule has 4 aliphatic heterocycles. The highest BCUT2D eigenvalue weighted by atomic mass is 35.5. The van der Waals surface area contributed by atoms with Crippen molar-refractivity contribution >= 4 is 30.7 Å². The van der Waals surface area contributed by atoms with Crippen molar-refractivity contribution in [3.05, 3.63) is 33.7 Å². The number of amides is 1. The number of hydrogen-bond donors (Lipinski definition) is 1. The minimum atomic E-state index is -2.82. The monoisotopic (exact) mass is 494 g/mol. The normalized spacial score (nSPS) is 28.9. The average Bonchev–Trinajstić information content (AvgIpc) is 3.10. The summed E-state index contributed by atoms with van der Waals surface area (Å²) in [4.78, 5) is 29.9. The Morgan fingerprint density at radius 2 is 1.91 bits per heavy atom. The van der Waals surface area contributed by atoms with Gasteiger partial charge in [0.1, 0.15) is 0 Å². The molecule has 0 aliphatic carbocycles. The first kappa shape index (κ1) is 25.4. The summed E-state index contributed by atoms with van der Waals surface area (Å²) in [6, 6.07) is 3.13. The van der Waals surface area contributed by atoms with Gasteiger partial charge in [0.05, 0.1) is 25.8 Å². The molecule has 1 N–H and O–H groups in total. The first-order valence-electron chi connectivity index (χ1n) is 10.8. The van der Waals surface area contributed by atoms with E-state index in [1.807, 2.05) is 16.7 Å². The molecule has 5 heterocycles. The summed E-state index contributed by atoms with van der Waals surface area (Å²) in [7, 11) is 0. The van der Waals surface area contributed by atoms with Gasteiger partial charge >= 0.3 is 0 Å². The minimum Gasteiger partial charge on any atom is -0.379 e. The minimum absolute atomic E-state index is 0. The summed E-state index contributed by atoms with van der Waals surface area (Å²) in [6.07, 6.45) is 0.499. The zero-order valence-corrected chi connectivity index (χ0v) is 19.4. The quantitative estimate of drug-likeness (QED) is 0.688. The van der Waals surface area contributed by atoms with Gasteiger partial charge < -0.3 is 14.2 Å². The molecule has 0 aromatic carbocycles. The molecular weight excluding hydrogens is 465 g/mol. The topological polar surface area (TPSA) is 66.8 Å². The van der Waals surface area contributed by atoms with Crippen LogP contribution in [0.3, 0.4) is 0 Å². The van der Waals surface area contributed by atoms with Gasteiger partial charge in [0.25, 0.3) is 11.5 Å². The Morgan fingerprint density at radius 1 is 1.16 bits per heavy atom. The fourth-order valence-corrected chi connectivity index (χ4v) is 5.40. The molecule has 7 nitrogen and oxygen atoms in total. The van der Waals surface area contributed by atoms with Crippen molar-refractivity contribution in [3.63, 3.8) is 0 Å². The number of ether oxygens (including phenoxy) is 1. The van der Waals surface area contributed by atoms with Crippen LogP contribution in [0.25, 0.3) is 0 Å². The maximum Gasteiger partial charge on any atom is 0.262 e. The molecule has 32 heavy (non-hydrogen) atoms. The second-order valence-corrected chi connectivity index (χ2v) is 9.12. The van der Waals surface area contributed by atoms with Crippen molar-refractivity contribution in [2.45, 2.75) is 43.8 Å². The van der Waals surface area contributed by atoms with Gasteiger partial charge in [-0.3, -0.25) is 19.8 Å². The van der Waals surface area contributed by atoms with Crippen LogP contribution in [-0.4, -0.2) is 78.2 Å². The zero-order valence-electron chi connectivity index (χ0n) is 17.8. The van der Waals surface area contributed by atoms with Crippen LogP contribution in [0.4, 0.5) is 8.78 Å². The number of rotatable bonds is 3. The van der Waals surface area contributed by atoms with Crippen LogP contribution in [0.2, 0.25) is 0 Å². The molecule has 0 saturated carbocycles. The Morgan fingerprint density at radius 3 is 2.59 bits per heavy atom. The number of likely N-dealkylation sites (tertiary alicyclic amines) is 1. The molecule has 11 heteroatoms. The van der Waals surface area contributed by atoms with Crippen LogP contribution in [0, 0.1) is 5.92 Å². The van der Waals surface area contributed by atoms with E-state index in [1.165, 1.54) is 0 Å². The van der Waals surface area contributed by atoms with Crippen molar-refractivity contribution in [1.29, 1.82) is 0 Å². The lowest BCUT2D eigenvalue weighted by Crippen LogP contribution is -2.53. The molecule has 5 rings (SSSR count). The Hall–Kier alpha value is -1.26. The van der Waals surface area contributed by atoms with Crippen LogP contribution in [0.1, 0.15) is 30.0 Å². The van der Waals surface area contributed by atoms with Gasteiger partial charge in [0.15, 0.2) is 0 Å². The molecule has 1 amide bonds. The van der Waals surface area contributed by atoms with Crippen LogP contribution in [0.15, 0.2) is 16.9 Å². The van der Waals surface area contributed by atoms with Crippen LogP contribution >= 0.6 is 24.8 Å². The molecule has 0 unspecified atom stereocenters. The fourth-order valence-electron chi connectivity index (χ4n) is 5.40. The second kappa shape index (κ2) is 9.93. The fraction of sp³-hybridized carbons (Fsp3) is 0.714. The maximum atomic E-state index is 13.5. The summed E-state index contributed by atoms with van der Waals surface area (Å²) in [6.45, 7) is 4.84. The lowest BCUT2D eigenvalue weighted by atomic mass is 9.82. The number of morpholine rings is 1. The van der Waals surface area contributed by atoms with Crippen LogP contribution in [-0.2, 0) is 22.6 Å². The van der Waals surface area contributed by atoms with Crippen molar-refractivity contribution in [2.24, 2.45) is 5.92 Å². The third-order valence-electron chi connectivity index (χ3n) is 6.90. The first-order chi connectivity index (χ1) is 14.4. The molecular formula is C21H30Cl2F2N4O3. The number of aromatic nitrogens is 1. The van der Waals surface area contributed by atoms with E-state index in [2.05, 4.69) is 10.2 Å². The Labute approximate surface area is 198 Å². The SMILES string of the molecule is Cl.Cl.O=C([C@@H]1CC(F)(F)CN1)N1C[C@@H]2C[C@H](C1)c1ccc(CN3CCOCC3)c(=O)n1C2. The predicted octanol–water partition coefficient (Wildman–Crippen LogP) is 1.47. The van der Waals surface area contributed by atoms with Crippen LogP contribution in [0.5, 0.6) is 0 Å². The van der Waals surface area contributed by atoms with Crippen molar-refractivity contribution < 1.29 is 18.3 Å². The van der Waals surface area contributed by atoms with E-state index in [0.29, 0.717) is 39.4 Å². The highest BCUT2D eigenvalue weighted by molar-refractivity contribution is 5.85. The van der Waals surface area contributed by atoms with E-state index in [9.17, 15) is 18.4 Å². The van der Waals surface area contributed by atoms with E-state index in [-0.39, 0.29) is 48.1 Å². The molecule has 0 spiro atoms. The largest absolute Gasteiger partial charge is 0.379 e. The molecule has 1 aromatic heterocycles. The summed E-state index contributed by atoms with van der Waals surface area (Å²) in [5, 5.41) is 2.67. The van der Waals surface area contributed by atoms with Gasteiger partial charge in [-0.15, -0.1) is 24.8 Å². The summed E-state index contributed by atoms with van der Waals surface area (Å²) in [5.74, 6) is -2.79. The average molecular weight is 495 g/mol. The Kier molecular flexibility index (Phi) is 7.87. The molecule has 1 aromatic rings. The number of fused-ring (bicyclic) bond motifs is 4. The molecule has 4 aliphatic rings. The van der Waals surface area contributed by atoms with E-state index >= 15 is 0 Å². The van der Waals surface area contributed by atoms with Crippen LogP contribution < -0.4 is 10.9 Å². The number of nitrogens with one attached hydrogen (secondary N) is 1. The van der Waals surface area contributed by atoms with E-state index in [1.54, 1.807) is 4.90 Å². The summed E-state index contributed by atoms with van der Waals surface area (Å²) in [5.41, 5.74) is 1.82. The van der Waals surface area contributed by atoms with Gasteiger partial charge in [-0.2, -0.15) is 0 Å². The summed E-state index contributed by atoms with van der Waals surface area (Å²) < 4.78 is 34.3. The molecule has 0 radical (unpaired) electrons. The van der Waals surface area contributed by atoms with Crippen molar-refractivity contribution in [3.8, 4) is 0 Å². The molecule has 3 saturated heterocycles. The number of nitrogens with zero attached hydrogens (tertiary/aromatic N) is 3. The molecule has 180 valence electrons. The number of pyridine rings is 1. The third-order valence-corrected chi connectivity index (χ3v) is 6.90. The molecule has 2 bridgehead atoms. The van der Waals surface area contributed by atoms with Crippen molar-refractivity contribution in [2.75, 3.05) is 45.9 Å². The number of carbonyl (C=O) groups excluding carboxylic acids is 1. The first-order valence-corrected chi connectivity index (χ1v) is 10.8. The molecule has 3 fully saturated rings. The number of hydrogen-bond acceptors (Lipinski definition) is 5. The lowest BCUT2D eigenvalue weighted by Gasteiger charge is -2.43. The van der Waals surface area contributed by atoms with Gasteiger partial charge in [-0.05, 0) is 18.4 Å².